The number of carbonyl (C=O) groups excluding carboxylic acids is 2. The number of hydrogen-bond donors (Lipinski definition) is 1. The average molecular weight is 517 g/mol. The molecule has 8 nitrogen and oxygen atoms in total. The Labute approximate surface area is 217 Å². The monoisotopic (exact) mass is 516 g/mol. The Morgan fingerprint density at radius 3 is 2.44 bits per heavy atom. The van der Waals surface area contributed by atoms with E-state index in [4.69, 9.17) is 25.8 Å². The van der Waals surface area contributed by atoms with Gasteiger partial charge in [-0.25, -0.2) is 0 Å². The summed E-state index contributed by atoms with van der Waals surface area (Å²) in [4.78, 5) is 29.9. The van der Waals surface area contributed by atoms with Gasteiger partial charge in [0.25, 0.3) is 11.7 Å². The second kappa shape index (κ2) is 12.1. The van der Waals surface area contributed by atoms with Crippen LogP contribution >= 0.6 is 11.6 Å². The first kappa shape index (κ1) is 27.4. The van der Waals surface area contributed by atoms with Gasteiger partial charge in [-0.2, -0.15) is 0 Å². The van der Waals surface area contributed by atoms with Gasteiger partial charge in [0.05, 0.1) is 37.0 Å². The summed E-state index contributed by atoms with van der Waals surface area (Å²) in [5.41, 5.74) is 0.949. The van der Waals surface area contributed by atoms with Crippen LogP contribution < -0.4 is 14.2 Å². The number of likely N-dealkylation sites (tertiary alicyclic amines) is 1. The zero-order valence-electron chi connectivity index (χ0n) is 21.3. The third kappa shape index (κ3) is 5.77. The van der Waals surface area contributed by atoms with Gasteiger partial charge in [0, 0.05) is 18.7 Å². The largest absolute Gasteiger partial charge is 0.507 e. The van der Waals surface area contributed by atoms with E-state index in [0.717, 1.165) is 6.42 Å². The van der Waals surface area contributed by atoms with Crippen LogP contribution in [-0.4, -0.2) is 74.1 Å². The highest BCUT2D eigenvalue weighted by molar-refractivity contribution is 6.46. The van der Waals surface area contributed by atoms with Gasteiger partial charge in [-0.05, 0) is 63.3 Å². The zero-order chi connectivity index (χ0) is 26.4. The van der Waals surface area contributed by atoms with Crippen molar-refractivity contribution in [3.63, 3.8) is 0 Å². The molecule has 9 heteroatoms. The molecule has 1 N–H and O–H groups in total. The maximum absolute atomic E-state index is 13.3. The van der Waals surface area contributed by atoms with E-state index >= 15 is 0 Å². The first-order valence-corrected chi connectivity index (χ1v) is 12.3. The first-order valence-electron chi connectivity index (χ1n) is 11.9. The summed E-state index contributed by atoms with van der Waals surface area (Å²) in [6.07, 6.45) is 0.799. The molecule has 3 rings (SSSR count). The molecule has 1 atom stereocenters. The molecule has 1 fully saturated rings. The summed E-state index contributed by atoms with van der Waals surface area (Å²) in [6.45, 7) is 5.50. The molecule has 36 heavy (non-hydrogen) atoms. The van der Waals surface area contributed by atoms with E-state index in [0.29, 0.717) is 59.7 Å². The molecule has 0 bridgehead atoms. The molecule has 194 valence electrons. The molecule has 1 heterocycles. The van der Waals surface area contributed by atoms with Crippen molar-refractivity contribution in [3.05, 3.63) is 58.1 Å². The Morgan fingerprint density at radius 2 is 1.81 bits per heavy atom. The third-order valence-corrected chi connectivity index (χ3v) is 6.11. The topological polar surface area (TPSA) is 88.5 Å². The molecular formula is C27H33ClN2O6. The number of rotatable bonds is 11. The fraction of sp³-hybridized carbons (Fsp3) is 0.407. The summed E-state index contributed by atoms with van der Waals surface area (Å²) in [5, 5.41) is 11.7. The second-order valence-corrected chi connectivity index (χ2v) is 9.04. The minimum absolute atomic E-state index is 0.00450. The fourth-order valence-electron chi connectivity index (χ4n) is 4.03. The average Bonchev–Trinajstić information content (AvgIpc) is 3.11. The highest BCUT2D eigenvalue weighted by Crippen LogP contribution is 2.42. The number of amides is 1. The van der Waals surface area contributed by atoms with Gasteiger partial charge in [0.15, 0.2) is 11.5 Å². The molecule has 0 radical (unpaired) electrons. The van der Waals surface area contributed by atoms with Crippen molar-refractivity contribution in [3.8, 4) is 17.2 Å². The third-order valence-electron chi connectivity index (χ3n) is 5.80. The van der Waals surface area contributed by atoms with Crippen molar-refractivity contribution < 1.29 is 28.9 Å². The van der Waals surface area contributed by atoms with Crippen LogP contribution in [0.1, 0.15) is 37.4 Å². The molecule has 2 aromatic carbocycles. The minimum atomic E-state index is -0.814. The number of methoxy groups -OCH3 is 1. The van der Waals surface area contributed by atoms with Gasteiger partial charge in [-0.15, -0.1) is 0 Å². The van der Waals surface area contributed by atoms with Crippen LogP contribution in [-0.2, 0) is 9.59 Å². The highest BCUT2D eigenvalue weighted by atomic mass is 35.5. The van der Waals surface area contributed by atoms with Crippen LogP contribution in [0.5, 0.6) is 17.2 Å². The second-order valence-electron chi connectivity index (χ2n) is 8.63. The molecule has 0 saturated carbocycles. The predicted octanol–water partition coefficient (Wildman–Crippen LogP) is 4.52. The van der Waals surface area contributed by atoms with E-state index in [1.54, 1.807) is 43.5 Å². The van der Waals surface area contributed by atoms with Crippen LogP contribution in [0.15, 0.2) is 42.0 Å². The molecule has 1 aliphatic heterocycles. The van der Waals surface area contributed by atoms with Crippen molar-refractivity contribution in [2.75, 3.05) is 47.5 Å². The number of nitrogens with zero attached hydrogens (tertiary/aromatic N) is 2. The van der Waals surface area contributed by atoms with E-state index in [1.807, 2.05) is 32.8 Å². The summed E-state index contributed by atoms with van der Waals surface area (Å²) in [5.74, 6) is -0.307. The van der Waals surface area contributed by atoms with E-state index in [2.05, 4.69) is 0 Å². The molecule has 0 aliphatic carbocycles. The normalized spacial score (nSPS) is 17.1. The van der Waals surface area contributed by atoms with E-state index in [1.165, 1.54) is 4.90 Å². The number of aliphatic hydroxyl groups excluding tert-OH is 1. The van der Waals surface area contributed by atoms with Crippen LogP contribution in [0.2, 0.25) is 5.02 Å². The Kier molecular flexibility index (Phi) is 9.23. The van der Waals surface area contributed by atoms with Crippen molar-refractivity contribution in [1.82, 2.24) is 9.80 Å². The number of ketones is 1. The highest BCUT2D eigenvalue weighted by Gasteiger charge is 2.46. The fourth-order valence-corrected chi connectivity index (χ4v) is 4.20. The van der Waals surface area contributed by atoms with Crippen molar-refractivity contribution >= 4 is 29.1 Å². The lowest BCUT2D eigenvalue weighted by Crippen LogP contribution is -2.35. The minimum Gasteiger partial charge on any atom is -0.507 e. The van der Waals surface area contributed by atoms with Crippen LogP contribution in [0.3, 0.4) is 0 Å². The van der Waals surface area contributed by atoms with Crippen molar-refractivity contribution in [2.24, 2.45) is 0 Å². The molecule has 2 aromatic rings. The number of halogens is 1. The van der Waals surface area contributed by atoms with Gasteiger partial charge in [-0.3, -0.25) is 9.59 Å². The maximum atomic E-state index is 13.3. The van der Waals surface area contributed by atoms with E-state index in [-0.39, 0.29) is 11.3 Å². The summed E-state index contributed by atoms with van der Waals surface area (Å²) in [6, 6.07) is 9.20. The molecular weight excluding hydrogens is 484 g/mol. The van der Waals surface area contributed by atoms with Crippen molar-refractivity contribution in [1.29, 1.82) is 0 Å². The SMILES string of the molecule is CCCOc1cc(C2/C(=C(/O)c3ccc(Cl)c(OCC)c3)C(=O)C(=O)N2CCN(C)C)ccc1OC. The standard InChI is InChI=1S/C27H33ClN2O6/c1-6-14-36-22-15-17(9-11-20(22)34-5)24-23(26(32)27(33)30(24)13-12-29(3)4)25(31)18-8-10-19(28)21(16-18)35-7-2/h8-11,15-16,24,31H,6-7,12-14H2,1-5H3/b25-23-. The van der Waals surface area contributed by atoms with Gasteiger partial charge in [0.2, 0.25) is 0 Å². The van der Waals surface area contributed by atoms with Crippen LogP contribution in [0.4, 0.5) is 0 Å². The molecule has 1 aliphatic rings. The predicted molar refractivity (Wildman–Crippen MR) is 139 cm³/mol. The number of benzene rings is 2. The van der Waals surface area contributed by atoms with E-state index < -0.39 is 17.7 Å². The molecule has 1 saturated heterocycles. The molecule has 1 amide bonds. The maximum Gasteiger partial charge on any atom is 0.295 e. The van der Waals surface area contributed by atoms with Gasteiger partial charge < -0.3 is 29.1 Å². The number of likely N-dealkylation sites (N-methyl/N-ethyl adjacent to an activating group) is 1. The number of carbonyl (C=O) groups is 2. The summed E-state index contributed by atoms with van der Waals surface area (Å²) in [7, 11) is 5.32. The van der Waals surface area contributed by atoms with E-state index in [9.17, 15) is 14.7 Å². The van der Waals surface area contributed by atoms with Crippen LogP contribution in [0.25, 0.3) is 5.76 Å². The number of aliphatic hydroxyl groups is 1. The lowest BCUT2D eigenvalue weighted by molar-refractivity contribution is -0.140. The molecule has 1 unspecified atom stereocenters. The number of hydrogen-bond acceptors (Lipinski definition) is 7. The molecule has 0 spiro atoms. The number of ether oxygens (including phenoxy) is 3. The zero-order valence-corrected chi connectivity index (χ0v) is 22.1. The van der Waals surface area contributed by atoms with Gasteiger partial charge >= 0.3 is 0 Å². The molecule has 0 aromatic heterocycles. The Morgan fingerprint density at radius 1 is 1.06 bits per heavy atom. The summed E-state index contributed by atoms with van der Waals surface area (Å²) >= 11 is 6.22. The Hall–Kier alpha value is -3.23. The lowest BCUT2D eigenvalue weighted by Gasteiger charge is -2.27. The van der Waals surface area contributed by atoms with Crippen molar-refractivity contribution in [2.45, 2.75) is 26.3 Å². The lowest BCUT2D eigenvalue weighted by atomic mass is 9.95. The number of Topliss-reactive ketones (excluding diaryl/α,β-unsaturated/α-hetero) is 1. The van der Waals surface area contributed by atoms with Crippen LogP contribution in [0, 0.1) is 0 Å². The summed E-state index contributed by atoms with van der Waals surface area (Å²) < 4.78 is 16.9. The Bertz CT molecular complexity index is 1150. The van der Waals surface area contributed by atoms with Gasteiger partial charge in [0.1, 0.15) is 11.5 Å². The first-order chi connectivity index (χ1) is 17.2. The quantitative estimate of drug-likeness (QED) is 0.267. The van der Waals surface area contributed by atoms with Gasteiger partial charge in [-0.1, -0.05) is 24.6 Å². The Balaban J connectivity index is 2.19. The smallest absolute Gasteiger partial charge is 0.295 e.